The van der Waals surface area contributed by atoms with Crippen molar-refractivity contribution in [2.75, 3.05) is 33.5 Å². The van der Waals surface area contributed by atoms with Gasteiger partial charge in [-0.15, -0.1) is 0 Å². The van der Waals surface area contributed by atoms with Crippen LogP contribution in [-0.4, -0.2) is 95.2 Å². The van der Waals surface area contributed by atoms with Crippen molar-refractivity contribution in [3.63, 3.8) is 0 Å². The van der Waals surface area contributed by atoms with Crippen LogP contribution in [0.2, 0.25) is 0 Å². The monoisotopic (exact) mass is 310 g/mol. The molecule has 0 saturated carbocycles. The maximum atomic E-state index is 10.1. The van der Waals surface area contributed by atoms with Crippen LogP contribution < -0.4 is 0 Å². The fourth-order valence-corrected chi connectivity index (χ4v) is 2.14. The van der Waals surface area contributed by atoms with Crippen molar-refractivity contribution in [2.45, 2.75) is 49.5 Å². The molecule has 1 aliphatic heterocycles. The minimum atomic E-state index is -1.76. The first-order valence-corrected chi connectivity index (χ1v) is 6.95. The lowest BCUT2D eigenvalue weighted by Crippen LogP contribution is -2.55. The molecule has 5 N–H and O–H groups in total. The third kappa shape index (κ3) is 4.83. The normalized spacial score (nSPS) is 34.4. The number of hydrogen-bond donors (Lipinski definition) is 5. The number of ether oxygens (including phenoxy) is 3. The summed E-state index contributed by atoms with van der Waals surface area (Å²) in [5.41, 5.74) is -1.76. The summed E-state index contributed by atoms with van der Waals surface area (Å²) in [4.78, 5) is 0. The summed E-state index contributed by atoms with van der Waals surface area (Å²) >= 11 is 0. The van der Waals surface area contributed by atoms with E-state index in [4.69, 9.17) is 14.2 Å². The summed E-state index contributed by atoms with van der Waals surface area (Å²) in [7, 11) is 1.44. The van der Waals surface area contributed by atoms with Crippen molar-refractivity contribution >= 4 is 0 Å². The zero-order valence-electron chi connectivity index (χ0n) is 12.4. The molecule has 0 radical (unpaired) electrons. The smallest absolute Gasteiger partial charge is 0.118 e. The van der Waals surface area contributed by atoms with E-state index >= 15 is 0 Å². The Morgan fingerprint density at radius 1 is 1.38 bits per heavy atom. The second-order valence-corrected chi connectivity index (χ2v) is 5.41. The van der Waals surface area contributed by atoms with Crippen LogP contribution in [0.1, 0.15) is 13.3 Å². The molecule has 0 aromatic heterocycles. The van der Waals surface area contributed by atoms with E-state index in [1.807, 2.05) is 0 Å². The number of hydrogen-bond acceptors (Lipinski definition) is 8. The maximum absolute atomic E-state index is 10.1. The highest BCUT2D eigenvalue weighted by Gasteiger charge is 2.40. The summed E-state index contributed by atoms with van der Waals surface area (Å²) in [6, 6.07) is 0. The van der Waals surface area contributed by atoms with Gasteiger partial charge in [-0.25, -0.2) is 0 Å². The molecule has 0 aromatic rings. The molecule has 126 valence electrons. The lowest BCUT2D eigenvalue weighted by molar-refractivity contribution is -0.217. The van der Waals surface area contributed by atoms with E-state index in [0.29, 0.717) is 0 Å². The topological polar surface area (TPSA) is 129 Å². The van der Waals surface area contributed by atoms with Gasteiger partial charge in [-0.05, 0) is 6.92 Å². The third-order valence-electron chi connectivity index (χ3n) is 3.81. The van der Waals surface area contributed by atoms with E-state index in [1.54, 1.807) is 6.92 Å². The zero-order valence-corrected chi connectivity index (χ0v) is 12.4. The largest absolute Gasteiger partial charge is 0.393 e. The Hall–Kier alpha value is -0.320. The van der Waals surface area contributed by atoms with Gasteiger partial charge in [0.15, 0.2) is 0 Å². The van der Waals surface area contributed by atoms with Crippen LogP contribution >= 0.6 is 0 Å². The molecule has 0 aromatic carbocycles. The van der Waals surface area contributed by atoms with Gasteiger partial charge in [0.05, 0.1) is 25.9 Å². The number of aliphatic hydroxyl groups excluding tert-OH is 4. The molecule has 4 unspecified atom stereocenters. The van der Waals surface area contributed by atoms with Gasteiger partial charge in [0.25, 0.3) is 0 Å². The van der Waals surface area contributed by atoms with Gasteiger partial charge < -0.3 is 39.7 Å². The number of methoxy groups -OCH3 is 1. The lowest BCUT2D eigenvalue weighted by Gasteiger charge is -2.38. The van der Waals surface area contributed by atoms with Crippen molar-refractivity contribution in [1.82, 2.24) is 0 Å². The Morgan fingerprint density at radius 2 is 2.05 bits per heavy atom. The Kier molecular flexibility index (Phi) is 7.45. The summed E-state index contributed by atoms with van der Waals surface area (Å²) in [6.07, 6.45) is -4.84. The highest BCUT2D eigenvalue weighted by molar-refractivity contribution is 4.89. The predicted molar refractivity (Wildman–Crippen MR) is 71.7 cm³/mol. The van der Waals surface area contributed by atoms with Gasteiger partial charge in [-0.2, -0.15) is 0 Å². The Morgan fingerprint density at radius 3 is 2.62 bits per heavy atom. The molecule has 0 amide bonds. The van der Waals surface area contributed by atoms with E-state index in [2.05, 4.69) is 0 Å². The molecule has 6 atom stereocenters. The summed E-state index contributed by atoms with van der Waals surface area (Å²) < 4.78 is 15.3. The van der Waals surface area contributed by atoms with Crippen molar-refractivity contribution in [2.24, 2.45) is 0 Å². The van der Waals surface area contributed by atoms with Crippen LogP contribution in [-0.2, 0) is 14.2 Å². The van der Waals surface area contributed by atoms with Gasteiger partial charge in [0, 0.05) is 20.1 Å². The molecule has 0 bridgehead atoms. The van der Waals surface area contributed by atoms with E-state index in [-0.39, 0.29) is 26.2 Å². The van der Waals surface area contributed by atoms with Crippen LogP contribution in [0.15, 0.2) is 0 Å². The van der Waals surface area contributed by atoms with Gasteiger partial charge in [0.1, 0.15) is 30.0 Å². The first-order chi connectivity index (χ1) is 9.85. The molecule has 21 heavy (non-hydrogen) atoms. The average Bonchev–Trinajstić information content (AvgIpc) is 2.48. The lowest BCUT2D eigenvalue weighted by atomic mass is 9.94. The SMILES string of the molecule is COCCC(O)(CO)C(O)COC1C(O)[C@H](C)OC[C@H]1O. The minimum Gasteiger partial charge on any atom is -0.393 e. The minimum absolute atomic E-state index is 0.0208. The molecule has 8 heteroatoms. The van der Waals surface area contributed by atoms with Crippen LogP contribution in [0.25, 0.3) is 0 Å². The van der Waals surface area contributed by atoms with Gasteiger partial charge in [-0.3, -0.25) is 0 Å². The number of rotatable bonds is 8. The maximum Gasteiger partial charge on any atom is 0.118 e. The summed E-state index contributed by atoms with van der Waals surface area (Å²) in [6.45, 7) is 0.828. The Balaban J connectivity index is 2.55. The molecule has 1 saturated heterocycles. The molecule has 1 heterocycles. The molecule has 0 aliphatic carbocycles. The molecular formula is C13H26O8. The van der Waals surface area contributed by atoms with E-state index < -0.39 is 42.7 Å². The molecule has 1 rings (SSSR count). The molecule has 0 spiro atoms. The fraction of sp³-hybridized carbons (Fsp3) is 1.00. The highest BCUT2D eigenvalue weighted by Crippen LogP contribution is 2.21. The molecule has 1 aliphatic rings. The Bertz CT molecular complexity index is 302. The van der Waals surface area contributed by atoms with E-state index in [9.17, 15) is 25.5 Å². The van der Waals surface area contributed by atoms with Crippen LogP contribution in [0.4, 0.5) is 0 Å². The zero-order chi connectivity index (χ0) is 16.0. The van der Waals surface area contributed by atoms with E-state index in [0.717, 1.165) is 0 Å². The predicted octanol–water partition coefficient (Wildman–Crippen LogP) is -2.37. The van der Waals surface area contributed by atoms with Crippen molar-refractivity contribution in [3.05, 3.63) is 0 Å². The average molecular weight is 310 g/mol. The standard InChI is InChI=1S/C13H26O8/c1-8-11(17)12(9(15)5-20-8)21-6-10(16)13(18,7-14)3-4-19-2/h8-12,14-18H,3-7H2,1-2H3/t8-,9+,10?,11?,12?,13?/m0/s1. The van der Waals surface area contributed by atoms with Crippen molar-refractivity contribution < 1.29 is 39.7 Å². The van der Waals surface area contributed by atoms with E-state index in [1.165, 1.54) is 7.11 Å². The first kappa shape index (κ1) is 18.7. The van der Waals surface area contributed by atoms with Crippen molar-refractivity contribution in [3.8, 4) is 0 Å². The first-order valence-electron chi connectivity index (χ1n) is 6.95. The number of aliphatic hydroxyl groups is 5. The fourth-order valence-electron chi connectivity index (χ4n) is 2.14. The van der Waals surface area contributed by atoms with Gasteiger partial charge >= 0.3 is 0 Å². The second-order valence-electron chi connectivity index (χ2n) is 5.41. The van der Waals surface area contributed by atoms with Gasteiger partial charge in [0.2, 0.25) is 0 Å². The van der Waals surface area contributed by atoms with Crippen LogP contribution in [0.5, 0.6) is 0 Å². The van der Waals surface area contributed by atoms with Crippen LogP contribution in [0, 0.1) is 0 Å². The Labute approximate surface area is 123 Å². The summed E-state index contributed by atoms with van der Waals surface area (Å²) in [5, 5.41) is 49.0. The van der Waals surface area contributed by atoms with Gasteiger partial charge in [-0.1, -0.05) is 0 Å². The summed E-state index contributed by atoms with van der Waals surface area (Å²) in [5.74, 6) is 0. The van der Waals surface area contributed by atoms with Crippen LogP contribution in [0.3, 0.4) is 0 Å². The molecular weight excluding hydrogens is 284 g/mol. The third-order valence-corrected chi connectivity index (χ3v) is 3.81. The molecule has 1 fully saturated rings. The van der Waals surface area contributed by atoms with Crippen molar-refractivity contribution in [1.29, 1.82) is 0 Å². The molecule has 8 nitrogen and oxygen atoms in total. The highest BCUT2D eigenvalue weighted by atomic mass is 16.6. The quantitative estimate of drug-likeness (QED) is 0.336. The second kappa shape index (κ2) is 8.35.